The topological polar surface area (TPSA) is 39.1 Å². The summed E-state index contributed by atoms with van der Waals surface area (Å²) in [6, 6.07) is 11.4. The van der Waals surface area contributed by atoms with Crippen LogP contribution in [0, 0.1) is 12.7 Å². The number of halogens is 1. The molecule has 2 aromatic carbocycles. The zero-order valence-electron chi connectivity index (χ0n) is 12.5. The average molecular weight is 327 g/mol. The highest BCUT2D eigenvalue weighted by Gasteiger charge is 2.25. The summed E-state index contributed by atoms with van der Waals surface area (Å²) in [6.07, 6.45) is 3.80. The maximum atomic E-state index is 13.3. The molecular formula is C18H14FNO2S. The van der Waals surface area contributed by atoms with Crippen LogP contribution < -0.4 is 0 Å². The van der Waals surface area contributed by atoms with Gasteiger partial charge in [0.25, 0.3) is 10.0 Å². The van der Waals surface area contributed by atoms with E-state index in [0.29, 0.717) is 6.42 Å². The Morgan fingerprint density at radius 1 is 0.957 bits per heavy atom. The first kappa shape index (κ1) is 14.2. The van der Waals surface area contributed by atoms with E-state index in [9.17, 15) is 12.8 Å². The minimum absolute atomic E-state index is 0.260. The first-order chi connectivity index (χ1) is 10.9. The number of rotatable bonds is 2. The normalized spacial score (nSPS) is 13.0. The third kappa shape index (κ3) is 2.19. The van der Waals surface area contributed by atoms with Gasteiger partial charge in [-0.05, 0) is 47.9 Å². The molecule has 0 saturated heterocycles. The van der Waals surface area contributed by atoms with Crippen LogP contribution in [0.5, 0.6) is 0 Å². The summed E-state index contributed by atoms with van der Waals surface area (Å²) in [5.41, 5.74) is 4.57. The molecule has 1 aromatic heterocycles. The van der Waals surface area contributed by atoms with Crippen LogP contribution in [-0.2, 0) is 16.4 Å². The standard InChI is InChI=1S/C18H14FNO2S/c1-12-2-5-16(6-3-12)23(21,22)20-10-14-8-13-9-15(19)4-7-17(13)18(14)11-20/h2-7,9-11H,8H2,1H3. The molecule has 0 atom stereocenters. The summed E-state index contributed by atoms with van der Waals surface area (Å²) in [6.45, 7) is 1.91. The molecule has 0 unspecified atom stereocenters. The van der Waals surface area contributed by atoms with Crippen molar-refractivity contribution in [1.82, 2.24) is 3.97 Å². The Balaban J connectivity index is 1.80. The molecule has 3 aromatic rings. The molecule has 0 amide bonds. The summed E-state index contributed by atoms with van der Waals surface area (Å²) < 4.78 is 40.0. The Hall–Kier alpha value is -2.40. The highest BCUT2D eigenvalue weighted by atomic mass is 32.2. The van der Waals surface area contributed by atoms with Crippen LogP contribution in [0.15, 0.2) is 59.8 Å². The molecule has 0 radical (unpaired) electrons. The maximum absolute atomic E-state index is 13.3. The van der Waals surface area contributed by atoms with Crippen molar-refractivity contribution in [2.75, 3.05) is 0 Å². The Morgan fingerprint density at radius 3 is 2.43 bits per heavy atom. The van der Waals surface area contributed by atoms with E-state index < -0.39 is 10.0 Å². The molecule has 4 rings (SSSR count). The molecule has 5 heteroatoms. The summed E-state index contributed by atoms with van der Waals surface area (Å²) >= 11 is 0. The Morgan fingerprint density at radius 2 is 1.70 bits per heavy atom. The van der Waals surface area contributed by atoms with E-state index in [2.05, 4.69) is 0 Å². The third-order valence-corrected chi connectivity index (χ3v) is 5.85. The highest BCUT2D eigenvalue weighted by Crippen LogP contribution is 2.38. The molecule has 0 saturated carbocycles. The Kier molecular flexibility index (Phi) is 2.96. The second kappa shape index (κ2) is 4.80. The van der Waals surface area contributed by atoms with Gasteiger partial charge in [0, 0.05) is 24.4 Å². The van der Waals surface area contributed by atoms with E-state index in [1.54, 1.807) is 42.7 Å². The lowest BCUT2D eigenvalue weighted by Crippen LogP contribution is -2.11. The minimum Gasteiger partial charge on any atom is -0.248 e. The summed E-state index contributed by atoms with van der Waals surface area (Å²) in [5, 5.41) is 0. The van der Waals surface area contributed by atoms with Crippen molar-refractivity contribution >= 4 is 10.0 Å². The molecule has 116 valence electrons. The number of nitrogens with zero attached hydrogens (tertiary/aromatic N) is 1. The summed E-state index contributed by atoms with van der Waals surface area (Å²) in [5.74, 6) is -0.269. The van der Waals surface area contributed by atoms with Gasteiger partial charge in [0.2, 0.25) is 0 Å². The molecule has 0 fully saturated rings. The Bertz CT molecular complexity index is 1020. The second-order valence-electron chi connectivity index (χ2n) is 5.82. The van der Waals surface area contributed by atoms with Crippen molar-refractivity contribution in [3.63, 3.8) is 0 Å². The predicted octanol–water partition coefficient (Wildman–Crippen LogP) is 3.74. The number of fused-ring (bicyclic) bond motifs is 3. The van der Waals surface area contributed by atoms with Crippen LogP contribution in [0.2, 0.25) is 0 Å². The average Bonchev–Trinajstić information content (AvgIpc) is 3.05. The van der Waals surface area contributed by atoms with Gasteiger partial charge in [0.05, 0.1) is 4.90 Å². The van der Waals surface area contributed by atoms with Crippen LogP contribution in [0.4, 0.5) is 4.39 Å². The lowest BCUT2D eigenvalue weighted by Gasteiger charge is -2.07. The smallest absolute Gasteiger partial charge is 0.248 e. The van der Waals surface area contributed by atoms with Gasteiger partial charge < -0.3 is 0 Å². The van der Waals surface area contributed by atoms with Crippen LogP contribution in [0.3, 0.4) is 0 Å². The number of benzene rings is 2. The van der Waals surface area contributed by atoms with Crippen LogP contribution >= 0.6 is 0 Å². The molecule has 1 heterocycles. The zero-order chi connectivity index (χ0) is 16.2. The largest absolute Gasteiger partial charge is 0.267 e. The zero-order valence-corrected chi connectivity index (χ0v) is 13.3. The van der Waals surface area contributed by atoms with Gasteiger partial charge in [-0.2, -0.15) is 0 Å². The number of hydrogen-bond acceptors (Lipinski definition) is 2. The molecule has 0 bridgehead atoms. The minimum atomic E-state index is -3.60. The van der Waals surface area contributed by atoms with Crippen molar-refractivity contribution in [1.29, 1.82) is 0 Å². The molecule has 23 heavy (non-hydrogen) atoms. The molecule has 0 N–H and O–H groups in total. The number of hydrogen-bond donors (Lipinski definition) is 0. The van der Waals surface area contributed by atoms with Crippen LogP contribution in [0.25, 0.3) is 11.1 Å². The molecule has 3 nitrogen and oxygen atoms in total. The lowest BCUT2D eigenvalue weighted by atomic mass is 10.1. The van der Waals surface area contributed by atoms with Gasteiger partial charge in [-0.25, -0.2) is 16.8 Å². The third-order valence-electron chi connectivity index (χ3n) is 4.22. The lowest BCUT2D eigenvalue weighted by molar-refractivity contribution is 0.587. The van der Waals surface area contributed by atoms with Gasteiger partial charge in [-0.3, -0.25) is 0 Å². The molecule has 1 aliphatic rings. The number of aryl methyl sites for hydroxylation is 1. The quantitative estimate of drug-likeness (QED) is 0.562. The van der Waals surface area contributed by atoms with Crippen LogP contribution in [-0.4, -0.2) is 12.4 Å². The summed E-state index contributed by atoms with van der Waals surface area (Å²) in [7, 11) is -3.60. The van der Waals surface area contributed by atoms with Crippen LogP contribution in [0.1, 0.15) is 16.7 Å². The van der Waals surface area contributed by atoms with E-state index in [1.165, 1.54) is 16.1 Å². The van der Waals surface area contributed by atoms with E-state index >= 15 is 0 Å². The van der Waals surface area contributed by atoms with Crippen molar-refractivity contribution in [2.45, 2.75) is 18.2 Å². The first-order valence-electron chi connectivity index (χ1n) is 7.27. The van der Waals surface area contributed by atoms with E-state index in [4.69, 9.17) is 0 Å². The van der Waals surface area contributed by atoms with Crippen molar-refractivity contribution < 1.29 is 12.8 Å². The molecule has 1 aliphatic carbocycles. The number of aromatic nitrogens is 1. The fourth-order valence-corrected chi connectivity index (χ4v) is 4.23. The van der Waals surface area contributed by atoms with Gasteiger partial charge in [-0.15, -0.1) is 0 Å². The van der Waals surface area contributed by atoms with E-state index in [-0.39, 0.29) is 10.7 Å². The Labute approximate surface area is 134 Å². The van der Waals surface area contributed by atoms with Crippen molar-refractivity contribution in [2.24, 2.45) is 0 Å². The summed E-state index contributed by atoms with van der Waals surface area (Å²) in [4.78, 5) is 0.260. The SMILES string of the molecule is Cc1ccc(S(=O)(=O)n2cc3c(c2)-c2ccc(F)cc2C3)cc1. The van der Waals surface area contributed by atoms with Crippen molar-refractivity contribution in [3.8, 4) is 11.1 Å². The maximum Gasteiger partial charge on any atom is 0.267 e. The molecule has 0 aliphatic heterocycles. The van der Waals surface area contributed by atoms with Gasteiger partial charge >= 0.3 is 0 Å². The van der Waals surface area contributed by atoms with Gasteiger partial charge in [0.15, 0.2) is 0 Å². The van der Waals surface area contributed by atoms with Gasteiger partial charge in [-0.1, -0.05) is 23.8 Å². The predicted molar refractivity (Wildman–Crippen MR) is 86.4 cm³/mol. The fourth-order valence-electron chi connectivity index (χ4n) is 3.00. The van der Waals surface area contributed by atoms with E-state index in [0.717, 1.165) is 27.8 Å². The first-order valence-corrected chi connectivity index (χ1v) is 8.71. The fraction of sp³-hybridized carbons (Fsp3) is 0.111. The van der Waals surface area contributed by atoms with Gasteiger partial charge in [0.1, 0.15) is 5.82 Å². The van der Waals surface area contributed by atoms with E-state index in [1.807, 2.05) is 6.92 Å². The molecular weight excluding hydrogens is 313 g/mol. The highest BCUT2D eigenvalue weighted by molar-refractivity contribution is 7.90. The van der Waals surface area contributed by atoms with Crippen molar-refractivity contribution in [3.05, 3.63) is 77.4 Å². The second-order valence-corrected chi connectivity index (χ2v) is 7.67. The molecule has 0 spiro atoms. The monoisotopic (exact) mass is 327 g/mol.